The number of aliphatic hydroxyl groups excluding tert-OH is 1. The van der Waals surface area contributed by atoms with E-state index in [2.05, 4.69) is 37.5 Å². The van der Waals surface area contributed by atoms with Gasteiger partial charge in [-0.1, -0.05) is 0 Å². The summed E-state index contributed by atoms with van der Waals surface area (Å²) in [6.45, 7) is 0.927. The van der Waals surface area contributed by atoms with Gasteiger partial charge in [0, 0.05) is 57.1 Å². The number of rotatable bonds is 6. The van der Waals surface area contributed by atoms with Crippen LogP contribution in [0.5, 0.6) is 0 Å². The van der Waals surface area contributed by atoms with Crippen LogP contribution in [0.1, 0.15) is 36.7 Å². The molecule has 0 atom stereocenters. The van der Waals surface area contributed by atoms with E-state index in [9.17, 15) is 5.11 Å². The summed E-state index contributed by atoms with van der Waals surface area (Å²) in [5.74, 6) is 2.45. The highest BCUT2D eigenvalue weighted by Crippen LogP contribution is 2.36. The molecule has 0 aromatic carbocycles. The SMILES string of the molecule is CN(CCCc1nccn1C)c1cc(C2CC(O)C2)ncn1. The Morgan fingerprint density at radius 3 is 2.82 bits per heavy atom. The first-order valence-corrected chi connectivity index (χ1v) is 7.81. The first kappa shape index (κ1) is 15.0. The minimum atomic E-state index is -0.154. The molecule has 2 heterocycles. The van der Waals surface area contributed by atoms with Crippen LogP contribution >= 0.6 is 0 Å². The van der Waals surface area contributed by atoms with Crippen LogP contribution in [-0.4, -0.2) is 44.3 Å². The van der Waals surface area contributed by atoms with Crippen LogP contribution < -0.4 is 4.90 Å². The summed E-state index contributed by atoms with van der Waals surface area (Å²) in [6, 6.07) is 2.05. The molecule has 2 aromatic heterocycles. The van der Waals surface area contributed by atoms with E-state index in [0.29, 0.717) is 5.92 Å². The van der Waals surface area contributed by atoms with Crippen molar-refractivity contribution in [2.24, 2.45) is 7.05 Å². The fraction of sp³-hybridized carbons (Fsp3) is 0.562. The number of imidazole rings is 1. The molecule has 0 aliphatic heterocycles. The maximum atomic E-state index is 9.43. The van der Waals surface area contributed by atoms with E-state index in [-0.39, 0.29) is 6.10 Å². The van der Waals surface area contributed by atoms with Crippen molar-refractivity contribution in [1.29, 1.82) is 0 Å². The van der Waals surface area contributed by atoms with E-state index >= 15 is 0 Å². The molecule has 22 heavy (non-hydrogen) atoms. The van der Waals surface area contributed by atoms with Gasteiger partial charge in [0.15, 0.2) is 0 Å². The van der Waals surface area contributed by atoms with E-state index < -0.39 is 0 Å². The van der Waals surface area contributed by atoms with Crippen LogP contribution in [0.4, 0.5) is 5.82 Å². The lowest BCUT2D eigenvalue weighted by molar-refractivity contribution is 0.0732. The second-order valence-corrected chi connectivity index (χ2v) is 6.10. The van der Waals surface area contributed by atoms with E-state index in [1.165, 1.54) is 0 Å². The number of aliphatic hydroxyl groups is 1. The first-order chi connectivity index (χ1) is 10.6. The standard InChI is InChI=1S/C16H23N5O/c1-20(6-3-4-15-17-5-7-21(15)2)16-10-14(18-11-19-16)12-8-13(22)9-12/h5,7,10-13,22H,3-4,6,8-9H2,1-2H3. The van der Waals surface area contributed by atoms with Gasteiger partial charge >= 0.3 is 0 Å². The molecule has 0 saturated heterocycles. The molecule has 0 bridgehead atoms. The maximum Gasteiger partial charge on any atom is 0.131 e. The van der Waals surface area contributed by atoms with Gasteiger partial charge in [-0.2, -0.15) is 0 Å². The molecule has 0 unspecified atom stereocenters. The van der Waals surface area contributed by atoms with Crippen molar-refractivity contribution in [2.75, 3.05) is 18.5 Å². The summed E-state index contributed by atoms with van der Waals surface area (Å²) in [5.41, 5.74) is 1.05. The Morgan fingerprint density at radius 2 is 2.14 bits per heavy atom. The predicted octanol–water partition coefficient (Wildman–Crippen LogP) is 1.52. The molecular weight excluding hydrogens is 278 g/mol. The molecule has 3 rings (SSSR count). The zero-order valence-electron chi connectivity index (χ0n) is 13.2. The number of hydrogen-bond acceptors (Lipinski definition) is 5. The molecule has 1 saturated carbocycles. The molecule has 1 fully saturated rings. The van der Waals surface area contributed by atoms with Gasteiger partial charge < -0.3 is 14.6 Å². The molecule has 6 heteroatoms. The smallest absolute Gasteiger partial charge is 0.131 e. The van der Waals surface area contributed by atoms with Crippen molar-refractivity contribution in [3.05, 3.63) is 36.3 Å². The Hall–Kier alpha value is -1.95. The molecule has 2 aromatic rings. The minimum absolute atomic E-state index is 0.154. The predicted molar refractivity (Wildman–Crippen MR) is 84.8 cm³/mol. The lowest BCUT2D eigenvalue weighted by Crippen LogP contribution is -2.28. The van der Waals surface area contributed by atoms with Crippen molar-refractivity contribution in [3.63, 3.8) is 0 Å². The van der Waals surface area contributed by atoms with Crippen LogP contribution in [-0.2, 0) is 13.5 Å². The fourth-order valence-corrected chi connectivity index (χ4v) is 2.85. The third kappa shape index (κ3) is 3.27. The van der Waals surface area contributed by atoms with Gasteiger partial charge in [-0.05, 0) is 19.3 Å². The summed E-state index contributed by atoms with van der Waals surface area (Å²) >= 11 is 0. The average Bonchev–Trinajstić information content (AvgIpc) is 2.89. The molecule has 1 aliphatic carbocycles. The van der Waals surface area contributed by atoms with Gasteiger partial charge in [-0.3, -0.25) is 0 Å². The van der Waals surface area contributed by atoms with Crippen molar-refractivity contribution in [3.8, 4) is 0 Å². The van der Waals surface area contributed by atoms with E-state index in [1.807, 2.05) is 19.4 Å². The summed E-state index contributed by atoms with van der Waals surface area (Å²) in [4.78, 5) is 15.2. The second-order valence-electron chi connectivity index (χ2n) is 6.10. The molecule has 6 nitrogen and oxygen atoms in total. The number of nitrogens with zero attached hydrogens (tertiary/aromatic N) is 5. The van der Waals surface area contributed by atoms with Crippen molar-refractivity contribution in [2.45, 2.75) is 37.7 Å². The highest BCUT2D eigenvalue weighted by atomic mass is 16.3. The van der Waals surface area contributed by atoms with E-state index in [4.69, 9.17) is 0 Å². The highest BCUT2D eigenvalue weighted by molar-refractivity contribution is 5.39. The Morgan fingerprint density at radius 1 is 1.32 bits per heavy atom. The van der Waals surface area contributed by atoms with Crippen molar-refractivity contribution in [1.82, 2.24) is 19.5 Å². The Bertz CT molecular complexity index is 621. The number of aryl methyl sites for hydroxylation is 2. The minimum Gasteiger partial charge on any atom is -0.393 e. The quantitative estimate of drug-likeness (QED) is 0.876. The maximum absolute atomic E-state index is 9.43. The number of aromatic nitrogens is 4. The summed E-state index contributed by atoms with van der Waals surface area (Å²) in [6.07, 6.45) is 8.91. The molecule has 118 valence electrons. The van der Waals surface area contributed by atoms with Crippen LogP contribution in [0.25, 0.3) is 0 Å². The summed E-state index contributed by atoms with van der Waals surface area (Å²) in [5, 5.41) is 9.43. The topological polar surface area (TPSA) is 67.1 Å². The molecule has 0 radical (unpaired) electrons. The van der Waals surface area contributed by atoms with E-state index in [0.717, 1.165) is 49.6 Å². The molecule has 1 N–H and O–H groups in total. The summed E-state index contributed by atoms with van der Waals surface area (Å²) < 4.78 is 2.06. The first-order valence-electron chi connectivity index (χ1n) is 7.81. The van der Waals surface area contributed by atoms with Gasteiger partial charge in [0.25, 0.3) is 0 Å². The average molecular weight is 301 g/mol. The molecule has 0 spiro atoms. The monoisotopic (exact) mass is 301 g/mol. The molecule has 1 aliphatic rings. The Balaban J connectivity index is 1.54. The third-order valence-corrected chi connectivity index (χ3v) is 4.41. The second kappa shape index (κ2) is 6.44. The zero-order chi connectivity index (χ0) is 15.5. The summed E-state index contributed by atoms with van der Waals surface area (Å²) in [7, 11) is 4.08. The largest absolute Gasteiger partial charge is 0.393 e. The zero-order valence-corrected chi connectivity index (χ0v) is 13.2. The third-order valence-electron chi connectivity index (χ3n) is 4.41. The van der Waals surface area contributed by atoms with Gasteiger partial charge in [-0.15, -0.1) is 0 Å². The molecular formula is C16H23N5O. The molecule has 0 amide bonds. The number of anilines is 1. The Kier molecular flexibility index (Phi) is 4.38. The highest BCUT2D eigenvalue weighted by Gasteiger charge is 2.29. The lowest BCUT2D eigenvalue weighted by atomic mass is 9.80. The van der Waals surface area contributed by atoms with Crippen LogP contribution in [0.15, 0.2) is 24.8 Å². The van der Waals surface area contributed by atoms with Gasteiger partial charge in [0.2, 0.25) is 0 Å². The fourth-order valence-electron chi connectivity index (χ4n) is 2.85. The van der Waals surface area contributed by atoms with Gasteiger partial charge in [0.1, 0.15) is 18.0 Å². The van der Waals surface area contributed by atoms with Gasteiger partial charge in [0.05, 0.1) is 6.10 Å². The normalized spacial score (nSPS) is 20.7. The van der Waals surface area contributed by atoms with Crippen LogP contribution in [0, 0.1) is 0 Å². The van der Waals surface area contributed by atoms with E-state index in [1.54, 1.807) is 6.33 Å². The lowest BCUT2D eigenvalue weighted by Gasteiger charge is -2.31. The van der Waals surface area contributed by atoms with Crippen molar-refractivity contribution < 1.29 is 5.11 Å². The number of hydrogen-bond donors (Lipinski definition) is 1. The van der Waals surface area contributed by atoms with Crippen molar-refractivity contribution >= 4 is 5.82 Å². The Labute approximate surface area is 130 Å². The van der Waals surface area contributed by atoms with Crippen LogP contribution in [0.3, 0.4) is 0 Å². The van der Waals surface area contributed by atoms with Gasteiger partial charge in [-0.25, -0.2) is 15.0 Å². The van der Waals surface area contributed by atoms with Crippen LogP contribution in [0.2, 0.25) is 0 Å².